The number of amides is 2. The van der Waals surface area contributed by atoms with Crippen molar-refractivity contribution in [3.05, 3.63) is 0 Å². The highest BCUT2D eigenvalue weighted by atomic mass is 16.4. The van der Waals surface area contributed by atoms with Crippen LogP contribution in [0.15, 0.2) is 0 Å². The average Bonchev–Trinajstić information content (AvgIpc) is 2.22. The number of carboxylic acid groups (broad SMARTS) is 1. The Hall–Kier alpha value is -1.26. The standard InChI is InChI=1S/C12H24N2O3/c1-6-9(10(15)16)14-11(17)13-7-12(4,5)8(2)3/h8-9H,6-7H2,1-5H3,(H,15,16)(H2,13,14,17)/t9-/m0/s1. The highest BCUT2D eigenvalue weighted by Crippen LogP contribution is 2.24. The molecule has 2 amide bonds. The highest BCUT2D eigenvalue weighted by molar-refractivity contribution is 5.82. The second kappa shape index (κ2) is 6.47. The third-order valence-electron chi connectivity index (χ3n) is 3.28. The molecule has 5 heteroatoms. The molecule has 0 heterocycles. The Bertz CT molecular complexity index is 275. The van der Waals surface area contributed by atoms with Gasteiger partial charge >= 0.3 is 12.0 Å². The van der Waals surface area contributed by atoms with Gasteiger partial charge in [-0.05, 0) is 17.8 Å². The molecule has 0 rings (SSSR count). The molecule has 100 valence electrons. The third kappa shape index (κ3) is 5.56. The molecule has 0 aromatic heterocycles. The summed E-state index contributed by atoms with van der Waals surface area (Å²) < 4.78 is 0. The summed E-state index contributed by atoms with van der Waals surface area (Å²) in [7, 11) is 0. The maximum absolute atomic E-state index is 11.5. The first-order chi connectivity index (χ1) is 7.70. The summed E-state index contributed by atoms with van der Waals surface area (Å²) in [6.07, 6.45) is 0.371. The predicted octanol–water partition coefficient (Wildman–Crippen LogP) is 1.83. The first-order valence-electron chi connectivity index (χ1n) is 5.98. The van der Waals surface area contributed by atoms with E-state index in [9.17, 15) is 9.59 Å². The van der Waals surface area contributed by atoms with Gasteiger partial charge in [-0.3, -0.25) is 0 Å². The molecule has 0 aliphatic heterocycles. The lowest BCUT2D eigenvalue weighted by atomic mass is 9.81. The number of carbonyl (C=O) groups excluding carboxylic acids is 1. The third-order valence-corrected chi connectivity index (χ3v) is 3.28. The number of carboxylic acids is 1. The zero-order valence-electron chi connectivity index (χ0n) is 11.3. The van der Waals surface area contributed by atoms with Crippen molar-refractivity contribution in [2.75, 3.05) is 6.54 Å². The van der Waals surface area contributed by atoms with E-state index < -0.39 is 18.0 Å². The van der Waals surface area contributed by atoms with Gasteiger partial charge in [0.05, 0.1) is 0 Å². The van der Waals surface area contributed by atoms with Crippen LogP contribution in [-0.4, -0.2) is 29.7 Å². The molecule has 5 nitrogen and oxygen atoms in total. The zero-order valence-corrected chi connectivity index (χ0v) is 11.3. The van der Waals surface area contributed by atoms with E-state index in [-0.39, 0.29) is 5.41 Å². The van der Waals surface area contributed by atoms with Gasteiger partial charge in [-0.2, -0.15) is 0 Å². The fourth-order valence-electron chi connectivity index (χ4n) is 1.06. The number of carbonyl (C=O) groups is 2. The van der Waals surface area contributed by atoms with Crippen LogP contribution in [-0.2, 0) is 4.79 Å². The monoisotopic (exact) mass is 244 g/mol. The fourth-order valence-corrected chi connectivity index (χ4v) is 1.06. The van der Waals surface area contributed by atoms with E-state index in [0.29, 0.717) is 18.9 Å². The van der Waals surface area contributed by atoms with E-state index in [4.69, 9.17) is 5.11 Å². The van der Waals surface area contributed by atoms with E-state index in [1.54, 1.807) is 6.92 Å². The summed E-state index contributed by atoms with van der Waals surface area (Å²) >= 11 is 0. The lowest BCUT2D eigenvalue weighted by Gasteiger charge is -2.29. The average molecular weight is 244 g/mol. The largest absolute Gasteiger partial charge is 0.480 e. The molecular formula is C12H24N2O3. The number of urea groups is 1. The predicted molar refractivity (Wildman–Crippen MR) is 66.9 cm³/mol. The van der Waals surface area contributed by atoms with Crippen LogP contribution >= 0.6 is 0 Å². The van der Waals surface area contributed by atoms with Crippen LogP contribution in [0.1, 0.15) is 41.0 Å². The normalized spacial score (nSPS) is 13.3. The summed E-state index contributed by atoms with van der Waals surface area (Å²) in [4.78, 5) is 22.2. The Morgan fingerprint density at radius 2 is 1.82 bits per heavy atom. The molecule has 17 heavy (non-hydrogen) atoms. The van der Waals surface area contributed by atoms with Gasteiger partial charge in [0.2, 0.25) is 0 Å². The molecule has 0 radical (unpaired) electrons. The van der Waals surface area contributed by atoms with Crippen molar-refractivity contribution >= 4 is 12.0 Å². The second-order valence-corrected chi connectivity index (χ2v) is 5.27. The van der Waals surface area contributed by atoms with Crippen molar-refractivity contribution in [2.24, 2.45) is 11.3 Å². The molecule has 0 fully saturated rings. The summed E-state index contributed by atoms with van der Waals surface area (Å²) in [5, 5.41) is 13.9. The van der Waals surface area contributed by atoms with E-state index >= 15 is 0 Å². The molecule has 0 aromatic carbocycles. The lowest BCUT2D eigenvalue weighted by Crippen LogP contribution is -2.48. The second-order valence-electron chi connectivity index (χ2n) is 5.27. The van der Waals surface area contributed by atoms with Crippen molar-refractivity contribution in [3.8, 4) is 0 Å². The minimum atomic E-state index is -1.01. The van der Waals surface area contributed by atoms with Crippen LogP contribution in [0.4, 0.5) is 4.79 Å². The van der Waals surface area contributed by atoms with Crippen molar-refractivity contribution in [3.63, 3.8) is 0 Å². The first kappa shape index (κ1) is 15.7. The summed E-state index contributed by atoms with van der Waals surface area (Å²) in [5.74, 6) is -0.574. The maximum Gasteiger partial charge on any atom is 0.326 e. The van der Waals surface area contributed by atoms with Gasteiger partial charge in [0.25, 0.3) is 0 Å². The Labute approximate surface area is 103 Å². The maximum atomic E-state index is 11.5. The van der Waals surface area contributed by atoms with Crippen molar-refractivity contribution < 1.29 is 14.7 Å². The Kier molecular flexibility index (Phi) is 5.99. The van der Waals surface area contributed by atoms with Gasteiger partial charge in [-0.15, -0.1) is 0 Å². The van der Waals surface area contributed by atoms with Crippen LogP contribution in [0.5, 0.6) is 0 Å². The van der Waals surface area contributed by atoms with Gasteiger partial charge in [-0.25, -0.2) is 9.59 Å². The molecule has 3 N–H and O–H groups in total. The Morgan fingerprint density at radius 3 is 2.18 bits per heavy atom. The number of aliphatic carboxylic acids is 1. The molecule has 0 aliphatic carbocycles. The molecule has 0 unspecified atom stereocenters. The first-order valence-corrected chi connectivity index (χ1v) is 5.98. The van der Waals surface area contributed by atoms with Crippen molar-refractivity contribution in [1.82, 2.24) is 10.6 Å². The smallest absolute Gasteiger partial charge is 0.326 e. The topological polar surface area (TPSA) is 78.4 Å². The Morgan fingerprint density at radius 1 is 1.29 bits per heavy atom. The zero-order chi connectivity index (χ0) is 13.6. The van der Waals surface area contributed by atoms with Gasteiger partial charge in [-0.1, -0.05) is 34.6 Å². The van der Waals surface area contributed by atoms with E-state index in [0.717, 1.165) is 0 Å². The van der Waals surface area contributed by atoms with Crippen LogP contribution in [0.3, 0.4) is 0 Å². The molecular weight excluding hydrogens is 220 g/mol. The summed E-state index contributed by atoms with van der Waals surface area (Å²) in [5.41, 5.74) is -0.0116. The van der Waals surface area contributed by atoms with Gasteiger partial charge in [0, 0.05) is 6.54 Å². The van der Waals surface area contributed by atoms with E-state index in [2.05, 4.69) is 38.3 Å². The number of rotatable bonds is 6. The summed E-state index contributed by atoms with van der Waals surface area (Å²) in [6, 6.07) is -1.25. The van der Waals surface area contributed by atoms with Crippen LogP contribution in [0.2, 0.25) is 0 Å². The van der Waals surface area contributed by atoms with Crippen LogP contribution in [0, 0.1) is 11.3 Å². The molecule has 0 saturated heterocycles. The van der Waals surface area contributed by atoms with Crippen LogP contribution in [0.25, 0.3) is 0 Å². The quantitative estimate of drug-likeness (QED) is 0.667. The van der Waals surface area contributed by atoms with Crippen LogP contribution < -0.4 is 10.6 Å². The molecule has 0 saturated carbocycles. The number of hydrogen-bond donors (Lipinski definition) is 3. The van der Waals surface area contributed by atoms with Crippen molar-refractivity contribution in [1.29, 1.82) is 0 Å². The number of nitrogens with one attached hydrogen (secondary N) is 2. The minimum Gasteiger partial charge on any atom is -0.480 e. The molecule has 0 spiro atoms. The van der Waals surface area contributed by atoms with Gasteiger partial charge in [0.1, 0.15) is 6.04 Å². The highest BCUT2D eigenvalue weighted by Gasteiger charge is 2.24. The molecule has 0 aromatic rings. The van der Waals surface area contributed by atoms with E-state index in [1.165, 1.54) is 0 Å². The number of hydrogen-bond acceptors (Lipinski definition) is 2. The minimum absolute atomic E-state index is 0.0116. The fraction of sp³-hybridized carbons (Fsp3) is 0.833. The van der Waals surface area contributed by atoms with Crippen molar-refractivity contribution in [2.45, 2.75) is 47.1 Å². The van der Waals surface area contributed by atoms with Gasteiger partial charge in [0.15, 0.2) is 0 Å². The summed E-state index contributed by atoms with van der Waals surface area (Å²) in [6.45, 7) is 10.5. The SMILES string of the molecule is CC[C@H](NC(=O)NCC(C)(C)C(C)C)C(=O)O. The van der Waals surface area contributed by atoms with E-state index in [1.807, 2.05) is 0 Å². The molecule has 1 atom stereocenters. The molecule has 0 aliphatic rings. The lowest BCUT2D eigenvalue weighted by molar-refractivity contribution is -0.139. The molecule has 0 bridgehead atoms. The van der Waals surface area contributed by atoms with Gasteiger partial charge < -0.3 is 15.7 Å². The Balaban J connectivity index is 4.16.